The number of fused-ring (bicyclic) bond motifs is 1. The Morgan fingerprint density at radius 1 is 1.36 bits per heavy atom. The fourth-order valence-electron chi connectivity index (χ4n) is 1.14. The molecule has 0 radical (unpaired) electrons. The lowest BCUT2D eigenvalue weighted by molar-refractivity contribution is 0.458. The van der Waals surface area contributed by atoms with Crippen molar-refractivity contribution >= 4 is 26.8 Å². The summed E-state index contributed by atoms with van der Waals surface area (Å²) < 4.78 is 17.8. The summed E-state index contributed by atoms with van der Waals surface area (Å²) in [6.45, 7) is 0. The fourth-order valence-corrected chi connectivity index (χ4v) is 1.63. The lowest BCUT2D eigenvalue weighted by Crippen LogP contribution is -2.15. The molecule has 1 aromatic heterocycles. The molecule has 14 heavy (non-hydrogen) atoms. The van der Waals surface area contributed by atoms with E-state index in [9.17, 15) is 14.0 Å². The van der Waals surface area contributed by atoms with Gasteiger partial charge in [0.1, 0.15) is 11.2 Å². The Morgan fingerprint density at radius 3 is 2.79 bits per heavy atom. The second-order valence-electron chi connectivity index (χ2n) is 2.58. The summed E-state index contributed by atoms with van der Waals surface area (Å²) in [5, 5.41) is -0.00963. The summed E-state index contributed by atoms with van der Waals surface area (Å²) in [4.78, 5) is 24.1. The van der Waals surface area contributed by atoms with Crippen molar-refractivity contribution in [3.05, 3.63) is 43.4 Å². The molecule has 6 heteroatoms. The minimum absolute atomic E-state index is 0.00963. The molecule has 0 saturated heterocycles. The average Bonchev–Trinajstić information content (AvgIpc) is 2.10. The highest BCUT2D eigenvalue weighted by Crippen LogP contribution is 2.20. The van der Waals surface area contributed by atoms with Crippen molar-refractivity contribution in [3.63, 3.8) is 0 Å². The van der Waals surface area contributed by atoms with Crippen LogP contribution in [0.1, 0.15) is 0 Å². The van der Waals surface area contributed by atoms with Crippen LogP contribution in [0.2, 0.25) is 0 Å². The first-order chi connectivity index (χ1) is 6.59. The van der Waals surface area contributed by atoms with Gasteiger partial charge in [-0.25, -0.2) is 14.0 Å². The molecule has 2 aromatic rings. The Bertz CT molecular complexity index is 616. The van der Waals surface area contributed by atoms with Gasteiger partial charge < -0.3 is 4.42 Å². The lowest BCUT2D eigenvalue weighted by atomic mass is 10.2. The van der Waals surface area contributed by atoms with Gasteiger partial charge >= 0.3 is 11.4 Å². The van der Waals surface area contributed by atoms with Gasteiger partial charge in [-0.15, -0.1) is 0 Å². The zero-order valence-corrected chi connectivity index (χ0v) is 8.22. The number of nitrogens with one attached hydrogen (secondary N) is 1. The number of benzene rings is 1. The molecule has 0 atom stereocenters. The molecule has 4 nitrogen and oxygen atoms in total. The third-order valence-corrected chi connectivity index (χ3v) is 2.38. The van der Waals surface area contributed by atoms with Crippen molar-refractivity contribution in [1.29, 1.82) is 0 Å². The van der Waals surface area contributed by atoms with Crippen molar-refractivity contribution in [2.24, 2.45) is 0 Å². The zero-order chi connectivity index (χ0) is 10.3. The molecular weight excluding hydrogens is 257 g/mol. The third-order valence-electron chi connectivity index (χ3n) is 1.72. The van der Waals surface area contributed by atoms with Crippen LogP contribution in [-0.2, 0) is 0 Å². The number of aromatic amines is 1. The molecule has 0 spiro atoms. The number of hydrogen-bond acceptors (Lipinski definition) is 3. The van der Waals surface area contributed by atoms with E-state index in [4.69, 9.17) is 0 Å². The number of halogens is 2. The van der Waals surface area contributed by atoms with E-state index >= 15 is 0 Å². The third kappa shape index (κ3) is 1.27. The summed E-state index contributed by atoms with van der Waals surface area (Å²) in [6.07, 6.45) is 0. The van der Waals surface area contributed by atoms with Crippen LogP contribution in [-0.4, -0.2) is 4.98 Å². The normalized spacial score (nSPS) is 10.7. The Balaban J connectivity index is 3.16. The Morgan fingerprint density at radius 2 is 2.07 bits per heavy atom. The van der Waals surface area contributed by atoms with Crippen LogP contribution in [0.3, 0.4) is 0 Å². The second-order valence-corrected chi connectivity index (χ2v) is 3.44. The van der Waals surface area contributed by atoms with Gasteiger partial charge in [0.2, 0.25) is 0 Å². The van der Waals surface area contributed by atoms with E-state index in [0.29, 0.717) is 4.47 Å². The fraction of sp³-hybridized carbons (Fsp3) is 0. The summed E-state index contributed by atoms with van der Waals surface area (Å²) in [6, 6.07) is 2.51. The molecule has 0 saturated carbocycles. The van der Waals surface area contributed by atoms with E-state index in [1.807, 2.05) is 0 Å². The molecule has 1 N–H and O–H groups in total. The highest BCUT2D eigenvalue weighted by molar-refractivity contribution is 9.10. The maximum atomic E-state index is 13.2. The Labute approximate surface area is 84.5 Å². The van der Waals surface area contributed by atoms with Gasteiger partial charge in [0.25, 0.3) is 0 Å². The summed E-state index contributed by atoms with van der Waals surface area (Å²) in [5.41, 5.74) is -1.02. The minimum Gasteiger partial charge on any atom is -0.372 e. The largest absolute Gasteiger partial charge is 0.419 e. The Hall–Kier alpha value is -1.43. The van der Waals surface area contributed by atoms with Crippen LogP contribution in [0.4, 0.5) is 4.39 Å². The van der Waals surface area contributed by atoms with Gasteiger partial charge in [-0.2, -0.15) is 0 Å². The maximum absolute atomic E-state index is 13.2. The Kier molecular flexibility index (Phi) is 1.99. The molecule has 0 aliphatic rings. The SMILES string of the molecule is O=c1[nH]c2c(F)ccc(Br)c2c(=O)o1. The molecule has 0 aliphatic carbocycles. The number of hydrogen-bond donors (Lipinski definition) is 1. The van der Waals surface area contributed by atoms with Crippen LogP contribution in [0.15, 0.2) is 30.6 Å². The summed E-state index contributed by atoms with van der Waals surface area (Å²) in [5.74, 6) is -1.65. The van der Waals surface area contributed by atoms with Gasteiger partial charge in [0, 0.05) is 4.47 Å². The van der Waals surface area contributed by atoms with Gasteiger partial charge in [0.15, 0.2) is 0 Å². The van der Waals surface area contributed by atoms with E-state index in [1.165, 1.54) is 6.07 Å². The molecule has 72 valence electrons. The van der Waals surface area contributed by atoms with Crippen LogP contribution >= 0.6 is 15.9 Å². The molecule has 1 aromatic carbocycles. The molecule has 0 unspecified atom stereocenters. The van der Waals surface area contributed by atoms with Crippen LogP contribution in [0.5, 0.6) is 0 Å². The second kappa shape index (κ2) is 3.06. The smallest absolute Gasteiger partial charge is 0.372 e. The minimum atomic E-state index is -0.973. The van der Waals surface area contributed by atoms with Gasteiger partial charge in [-0.05, 0) is 28.1 Å². The van der Waals surface area contributed by atoms with E-state index < -0.39 is 17.2 Å². The topological polar surface area (TPSA) is 63.1 Å². The first-order valence-corrected chi connectivity index (χ1v) is 4.40. The van der Waals surface area contributed by atoms with Gasteiger partial charge in [-0.1, -0.05) is 0 Å². The van der Waals surface area contributed by atoms with E-state index in [1.54, 1.807) is 0 Å². The lowest BCUT2D eigenvalue weighted by Gasteiger charge is -1.98. The number of rotatable bonds is 0. The van der Waals surface area contributed by atoms with Crippen molar-refractivity contribution in [3.8, 4) is 0 Å². The molecule has 1 heterocycles. The molecule has 2 rings (SSSR count). The molecular formula is C8H3BrFNO3. The average molecular weight is 260 g/mol. The van der Waals surface area contributed by atoms with Crippen LogP contribution in [0, 0.1) is 5.82 Å². The molecule has 0 bridgehead atoms. The van der Waals surface area contributed by atoms with Crippen LogP contribution in [0.25, 0.3) is 10.9 Å². The predicted molar refractivity (Wildman–Crippen MR) is 50.8 cm³/mol. The zero-order valence-electron chi connectivity index (χ0n) is 6.64. The predicted octanol–water partition coefficient (Wildman–Crippen LogP) is 1.38. The van der Waals surface area contributed by atoms with Crippen molar-refractivity contribution < 1.29 is 8.81 Å². The van der Waals surface area contributed by atoms with E-state index in [-0.39, 0.29) is 10.9 Å². The molecule has 0 amide bonds. The van der Waals surface area contributed by atoms with E-state index in [0.717, 1.165) is 6.07 Å². The summed E-state index contributed by atoms with van der Waals surface area (Å²) >= 11 is 3.06. The quantitative estimate of drug-likeness (QED) is 0.778. The first kappa shape index (κ1) is 9.14. The summed E-state index contributed by atoms with van der Waals surface area (Å²) in [7, 11) is 0. The van der Waals surface area contributed by atoms with Crippen molar-refractivity contribution in [1.82, 2.24) is 4.98 Å². The van der Waals surface area contributed by atoms with Crippen molar-refractivity contribution in [2.45, 2.75) is 0 Å². The van der Waals surface area contributed by atoms with Gasteiger partial charge in [0.05, 0.1) is 5.52 Å². The first-order valence-electron chi connectivity index (χ1n) is 3.61. The van der Waals surface area contributed by atoms with Gasteiger partial charge in [-0.3, -0.25) is 4.98 Å². The van der Waals surface area contributed by atoms with E-state index in [2.05, 4.69) is 25.3 Å². The monoisotopic (exact) mass is 259 g/mol. The number of H-pyrrole nitrogens is 1. The highest BCUT2D eigenvalue weighted by Gasteiger charge is 2.10. The molecule has 0 aliphatic heterocycles. The van der Waals surface area contributed by atoms with Crippen LogP contribution < -0.4 is 11.4 Å². The number of aromatic nitrogens is 1. The highest BCUT2D eigenvalue weighted by atomic mass is 79.9. The van der Waals surface area contributed by atoms with Crippen molar-refractivity contribution in [2.75, 3.05) is 0 Å². The maximum Gasteiger partial charge on any atom is 0.419 e. The molecule has 0 fully saturated rings. The standard InChI is InChI=1S/C8H3BrFNO3/c9-3-1-2-4(10)6-5(3)7(12)14-8(13)11-6/h1-2H,(H,11,13).